The van der Waals surface area contributed by atoms with Crippen LogP contribution in [0, 0.1) is 0 Å². The number of benzene rings is 2. The number of anilines is 1. The van der Waals surface area contributed by atoms with Gasteiger partial charge in [0.05, 0.1) is 16.8 Å². The lowest BCUT2D eigenvalue weighted by molar-refractivity contribution is -0.116. The maximum absolute atomic E-state index is 12.1. The second-order valence-electron chi connectivity index (χ2n) is 5.97. The third-order valence-electron chi connectivity index (χ3n) is 3.85. The van der Waals surface area contributed by atoms with Gasteiger partial charge in [-0.05, 0) is 30.7 Å². The smallest absolute Gasteiger partial charge is 0.315 e. The monoisotopic (exact) mass is 398 g/mol. The van der Waals surface area contributed by atoms with Gasteiger partial charge in [0.1, 0.15) is 5.75 Å². The van der Waals surface area contributed by atoms with E-state index >= 15 is 0 Å². The summed E-state index contributed by atoms with van der Waals surface area (Å²) in [6, 6.07) is 14.9. The van der Waals surface area contributed by atoms with Crippen molar-refractivity contribution in [1.29, 1.82) is 0 Å². The maximum Gasteiger partial charge on any atom is 0.315 e. The Morgan fingerprint density at radius 3 is 2.71 bits per heavy atom. The molecule has 3 rings (SSSR count). The number of aromatic nitrogens is 1. The van der Waals surface area contributed by atoms with Gasteiger partial charge in [-0.2, -0.15) is 0 Å². The van der Waals surface area contributed by atoms with E-state index in [1.54, 1.807) is 0 Å². The van der Waals surface area contributed by atoms with E-state index in [0.717, 1.165) is 21.5 Å². The molecule has 0 atom stereocenters. The number of carbonyl (C=O) groups excluding carboxylic acids is 2. The van der Waals surface area contributed by atoms with Gasteiger partial charge in [-0.3, -0.25) is 4.79 Å². The lowest BCUT2D eigenvalue weighted by atomic mass is 10.2. The van der Waals surface area contributed by atoms with Crippen molar-refractivity contribution in [1.82, 2.24) is 15.6 Å². The highest BCUT2D eigenvalue weighted by molar-refractivity contribution is 7.22. The molecular formula is C20H22N4O3S. The lowest BCUT2D eigenvalue weighted by Gasteiger charge is -2.07. The second kappa shape index (κ2) is 9.70. The lowest BCUT2D eigenvalue weighted by Crippen LogP contribution is -2.36. The number of hydrogen-bond donors (Lipinski definition) is 3. The highest BCUT2D eigenvalue weighted by Gasteiger charge is 2.09. The Balaban J connectivity index is 1.41. The van der Waals surface area contributed by atoms with Gasteiger partial charge < -0.3 is 20.7 Å². The van der Waals surface area contributed by atoms with E-state index < -0.39 is 0 Å². The minimum atomic E-state index is -0.305. The van der Waals surface area contributed by atoms with E-state index in [1.165, 1.54) is 11.3 Å². The van der Waals surface area contributed by atoms with Crippen molar-refractivity contribution in [3.63, 3.8) is 0 Å². The van der Waals surface area contributed by atoms with Crippen LogP contribution < -0.4 is 20.7 Å². The zero-order chi connectivity index (χ0) is 19.8. The molecule has 0 saturated carbocycles. The van der Waals surface area contributed by atoms with Crippen molar-refractivity contribution in [3.8, 4) is 5.75 Å². The fraction of sp³-hybridized carbons (Fsp3) is 0.250. The van der Waals surface area contributed by atoms with Gasteiger partial charge in [0.25, 0.3) is 0 Å². The Morgan fingerprint density at radius 1 is 1.11 bits per heavy atom. The van der Waals surface area contributed by atoms with E-state index in [-0.39, 0.29) is 24.9 Å². The molecule has 2 aromatic carbocycles. The molecule has 3 N–H and O–H groups in total. The number of urea groups is 1. The first kappa shape index (κ1) is 19.6. The molecule has 28 heavy (non-hydrogen) atoms. The normalized spacial score (nSPS) is 10.5. The van der Waals surface area contributed by atoms with Crippen molar-refractivity contribution in [2.75, 3.05) is 18.5 Å². The van der Waals surface area contributed by atoms with E-state index in [2.05, 4.69) is 20.9 Å². The Morgan fingerprint density at radius 2 is 1.93 bits per heavy atom. The molecule has 8 heteroatoms. The first-order valence-corrected chi connectivity index (χ1v) is 9.84. The van der Waals surface area contributed by atoms with Crippen LogP contribution >= 0.6 is 11.3 Å². The molecule has 0 aliphatic rings. The molecule has 0 spiro atoms. The van der Waals surface area contributed by atoms with Crippen LogP contribution in [0.15, 0.2) is 48.5 Å². The number of fused-ring (bicyclic) bond motifs is 1. The van der Waals surface area contributed by atoms with Gasteiger partial charge in [-0.25, -0.2) is 9.78 Å². The Labute approximate surface area is 167 Å². The summed E-state index contributed by atoms with van der Waals surface area (Å²) in [5.74, 6) is 0.578. The predicted octanol–water partition coefficient (Wildman–Crippen LogP) is 3.52. The van der Waals surface area contributed by atoms with Crippen molar-refractivity contribution >= 4 is 38.6 Å². The highest BCUT2D eigenvalue weighted by atomic mass is 32.1. The van der Waals surface area contributed by atoms with Crippen LogP contribution in [0.4, 0.5) is 9.93 Å². The minimum Gasteiger partial charge on any atom is -0.494 e. The summed E-state index contributed by atoms with van der Waals surface area (Å²) in [7, 11) is 0. The molecule has 146 valence electrons. The zero-order valence-electron chi connectivity index (χ0n) is 15.5. The summed E-state index contributed by atoms with van der Waals surface area (Å²) < 4.78 is 6.42. The van der Waals surface area contributed by atoms with Gasteiger partial charge in [-0.1, -0.05) is 41.7 Å². The van der Waals surface area contributed by atoms with E-state index in [0.29, 0.717) is 18.3 Å². The average Bonchev–Trinajstić information content (AvgIpc) is 3.09. The molecule has 0 bridgehead atoms. The summed E-state index contributed by atoms with van der Waals surface area (Å²) in [6.45, 7) is 3.21. The second-order valence-corrected chi connectivity index (χ2v) is 7.01. The van der Waals surface area contributed by atoms with Crippen molar-refractivity contribution < 1.29 is 14.3 Å². The van der Waals surface area contributed by atoms with E-state index in [9.17, 15) is 9.59 Å². The molecule has 0 fully saturated rings. The summed E-state index contributed by atoms with van der Waals surface area (Å²) in [5.41, 5.74) is 1.82. The van der Waals surface area contributed by atoms with Crippen LogP contribution in [0.25, 0.3) is 10.2 Å². The molecule has 7 nitrogen and oxygen atoms in total. The number of ether oxygens (including phenoxy) is 1. The number of rotatable bonds is 8. The summed E-state index contributed by atoms with van der Waals surface area (Å²) in [4.78, 5) is 28.3. The topological polar surface area (TPSA) is 92.3 Å². The molecule has 0 aliphatic carbocycles. The number of hydrogen-bond acceptors (Lipinski definition) is 5. The van der Waals surface area contributed by atoms with Gasteiger partial charge in [0, 0.05) is 19.5 Å². The van der Waals surface area contributed by atoms with Crippen LogP contribution in [0.5, 0.6) is 5.75 Å². The molecule has 3 amide bonds. The zero-order valence-corrected chi connectivity index (χ0v) is 16.3. The predicted molar refractivity (Wildman–Crippen MR) is 111 cm³/mol. The molecule has 0 unspecified atom stereocenters. The number of carbonyl (C=O) groups is 2. The van der Waals surface area contributed by atoms with Crippen molar-refractivity contribution in [2.24, 2.45) is 0 Å². The van der Waals surface area contributed by atoms with Crippen LogP contribution in [-0.4, -0.2) is 30.1 Å². The SMILES string of the molecule is CCOc1ccc2nc(NC(=O)CCNC(=O)NCc3ccccc3)sc2c1. The third-order valence-corrected chi connectivity index (χ3v) is 4.78. The summed E-state index contributed by atoms with van der Waals surface area (Å²) >= 11 is 1.39. The van der Waals surface area contributed by atoms with Gasteiger partial charge in [-0.15, -0.1) is 0 Å². The van der Waals surface area contributed by atoms with Crippen LogP contribution in [0.1, 0.15) is 18.9 Å². The summed E-state index contributed by atoms with van der Waals surface area (Å²) in [6.07, 6.45) is 0.166. The Hall–Kier alpha value is -3.13. The number of amides is 3. The largest absolute Gasteiger partial charge is 0.494 e. The van der Waals surface area contributed by atoms with Crippen LogP contribution in [0.3, 0.4) is 0 Å². The Bertz CT molecular complexity index is 943. The van der Waals surface area contributed by atoms with Crippen LogP contribution in [-0.2, 0) is 11.3 Å². The standard InChI is InChI=1S/C20H22N4O3S/c1-2-27-15-8-9-16-17(12-15)28-20(23-16)24-18(25)10-11-21-19(26)22-13-14-6-4-3-5-7-14/h3-9,12H,2,10-11,13H2,1H3,(H2,21,22,26)(H,23,24,25). The fourth-order valence-electron chi connectivity index (χ4n) is 2.53. The molecule has 0 aliphatic heterocycles. The van der Waals surface area contributed by atoms with Crippen molar-refractivity contribution in [2.45, 2.75) is 19.9 Å². The third kappa shape index (κ3) is 5.68. The van der Waals surface area contributed by atoms with E-state index in [1.807, 2.05) is 55.5 Å². The number of nitrogens with zero attached hydrogens (tertiary/aromatic N) is 1. The summed E-state index contributed by atoms with van der Waals surface area (Å²) in [5, 5.41) is 8.73. The molecule has 1 heterocycles. The van der Waals surface area contributed by atoms with Crippen molar-refractivity contribution in [3.05, 3.63) is 54.1 Å². The van der Waals surface area contributed by atoms with Crippen LogP contribution in [0.2, 0.25) is 0 Å². The van der Waals surface area contributed by atoms with Gasteiger partial charge in [0.15, 0.2) is 5.13 Å². The van der Waals surface area contributed by atoms with E-state index in [4.69, 9.17) is 4.74 Å². The Kier molecular flexibility index (Phi) is 6.80. The fourth-order valence-corrected chi connectivity index (χ4v) is 3.44. The van der Waals surface area contributed by atoms with Gasteiger partial charge in [0.2, 0.25) is 5.91 Å². The maximum atomic E-state index is 12.1. The minimum absolute atomic E-state index is 0.166. The first-order chi connectivity index (χ1) is 13.6. The molecule has 0 saturated heterocycles. The molecule has 3 aromatic rings. The number of thiazole rings is 1. The average molecular weight is 398 g/mol. The first-order valence-electron chi connectivity index (χ1n) is 9.03. The molecule has 1 aromatic heterocycles. The molecule has 0 radical (unpaired) electrons. The number of nitrogens with one attached hydrogen (secondary N) is 3. The quantitative estimate of drug-likeness (QED) is 0.541. The molecular weight excluding hydrogens is 376 g/mol. The van der Waals surface area contributed by atoms with Gasteiger partial charge >= 0.3 is 6.03 Å². The highest BCUT2D eigenvalue weighted by Crippen LogP contribution is 2.29.